The highest BCUT2D eigenvalue weighted by atomic mass is 19.1. The average Bonchev–Trinajstić information content (AvgIpc) is 2.23. The summed E-state index contributed by atoms with van der Waals surface area (Å²) in [6.45, 7) is 6.53. The number of hydrogen-bond acceptors (Lipinski definition) is 1. The van der Waals surface area contributed by atoms with Crippen LogP contribution in [0.1, 0.15) is 25.3 Å². The number of allylic oxidation sites excluding steroid dienone is 1. The molecule has 0 spiro atoms. The van der Waals surface area contributed by atoms with Crippen LogP contribution in [-0.4, -0.2) is 6.04 Å². The molecule has 0 fully saturated rings. The lowest BCUT2D eigenvalue weighted by molar-refractivity contribution is 0.516. The highest BCUT2D eigenvalue weighted by Gasteiger charge is 2.00. The molecule has 15 heavy (non-hydrogen) atoms. The first-order valence-electron chi connectivity index (χ1n) is 5.31. The Kier molecular flexibility index (Phi) is 5.05. The van der Waals surface area contributed by atoms with Crippen molar-refractivity contribution >= 4 is 0 Å². The number of halogens is 1. The van der Waals surface area contributed by atoms with E-state index in [4.69, 9.17) is 0 Å². The summed E-state index contributed by atoms with van der Waals surface area (Å²) in [5.41, 5.74) is 0.987. The molecule has 0 bridgehead atoms. The van der Waals surface area contributed by atoms with Gasteiger partial charge in [0.1, 0.15) is 5.82 Å². The van der Waals surface area contributed by atoms with Crippen molar-refractivity contribution in [3.63, 3.8) is 0 Å². The Labute approximate surface area is 91.0 Å². The molecule has 0 aromatic heterocycles. The molecule has 0 aliphatic carbocycles. The molecule has 1 nitrogen and oxygen atoms in total. The Balaban J connectivity index is 2.33. The summed E-state index contributed by atoms with van der Waals surface area (Å²) in [6, 6.07) is 7.13. The minimum atomic E-state index is -0.173. The second kappa shape index (κ2) is 6.36. The van der Waals surface area contributed by atoms with E-state index in [1.165, 1.54) is 6.07 Å². The van der Waals surface area contributed by atoms with Gasteiger partial charge in [0.05, 0.1) is 0 Å². The number of benzene rings is 1. The zero-order valence-electron chi connectivity index (χ0n) is 9.17. The third-order valence-corrected chi connectivity index (χ3v) is 2.35. The molecule has 0 radical (unpaired) electrons. The van der Waals surface area contributed by atoms with Gasteiger partial charge in [-0.15, -0.1) is 6.58 Å². The summed E-state index contributed by atoms with van der Waals surface area (Å²) in [7, 11) is 0. The molecule has 0 heterocycles. The maximum Gasteiger partial charge on any atom is 0.123 e. The molecule has 1 rings (SSSR count). The third kappa shape index (κ3) is 4.75. The minimum Gasteiger partial charge on any atom is -0.310 e. The van der Waals surface area contributed by atoms with Crippen LogP contribution in [0.15, 0.2) is 36.9 Å². The van der Waals surface area contributed by atoms with Gasteiger partial charge in [-0.25, -0.2) is 4.39 Å². The number of rotatable bonds is 6. The second-order valence-corrected chi connectivity index (χ2v) is 3.78. The molecular weight excluding hydrogens is 189 g/mol. The molecule has 0 saturated heterocycles. The number of hydrogen-bond donors (Lipinski definition) is 1. The quantitative estimate of drug-likeness (QED) is 0.706. The van der Waals surface area contributed by atoms with Crippen LogP contribution >= 0.6 is 0 Å². The molecule has 2 heteroatoms. The summed E-state index contributed by atoms with van der Waals surface area (Å²) in [5, 5.41) is 3.35. The first-order chi connectivity index (χ1) is 7.22. The molecule has 0 saturated carbocycles. The van der Waals surface area contributed by atoms with Crippen molar-refractivity contribution < 1.29 is 4.39 Å². The highest BCUT2D eigenvalue weighted by molar-refractivity contribution is 5.15. The van der Waals surface area contributed by atoms with E-state index < -0.39 is 0 Å². The van der Waals surface area contributed by atoms with Crippen LogP contribution in [0.3, 0.4) is 0 Å². The topological polar surface area (TPSA) is 12.0 Å². The maximum atomic E-state index is 12.9. The van der Waals surface area contributed by atoms with E-state index in [2.05, 4.69) is 18.8 Å². The fourth-order valence-corrected chi connectivity index (χ4v) is 1.41. The van der Waals surface area contributed by atoms with Crippen LogP contribution in [0.2, 0.25) is 0 Å². The molecular formula is C13H18FN. The standard InChI is InChI=1S/C13H18FN/c1-3-4-6-11(2)15-10-12-7-5-8-13(14)9-12/h3,5,7-9,11,15H,1,4,6,10H2,2H3/t11-/m0/s1. The van der Waals surface area contributed by atoms with E-state index in [1.807, 2.05) is 12.1 Å². The predicted molar refractivity (Wildman–Crippen MR) is 62.1 cm³/mol. The van der Waals surface area contributed by atoms with Crippen molar-refractivity contribution in [3.05, 3.63) is 48.3 Å². The van der Waals surface area contributed by atoms with Gasteiger partial charge in [-0.2, -0.15) is 0 Å². The lowest BCUT2D eigenvalue weighted by atomic mass is 10.1. The molecule has 0 unspecified atom stereocenters. The van der Waals surface area contributed by atoms with E-state index in [9.17, 15) is 4.39 Å². The van der Waals surface area contributed by atoms with Crippen LogP contribution in [0.4, 0.5) is 4.39 Å². The van der Waals surface area contributed by atoms with E-state index in [1.54, 1.807) is 12.1 Å². The van der Waals surface area contributed by atoms with Crippen molar-refractivity contribution in [2.24, 2.45) is 0 Å². The zero-order chi connectivity index (χ0) is 11.1. The summed E-state index contributed by atoms with van der Waals surface area (Å²) in [4.78, 5) is 0. The van der Waals surface area contributed by atoms with Crippen molar-refractivity contribution in [3.8, 4) is 0 Å². The summed E-state index contributed by atoms with van der Waals surface area (Å²) in [5.74, 6) is -0.173. The van der Waals surface area contributed by atoms with Gasteiger partial charge in [-0.3, -0.25) is 0 Å². The number of nitrogens with one attached hydrogen (secondary N) is 1. The monoisotopic (exact) mass is 207 g/mol. The van der Waals surface area contributed by atoms with Gasteiger partial charge in [-0.1, -0.05) is 18.2 Å². The van der Waals surface area contributed by atoms with Crippen LogP contribution in [0, 0.1) is 5.82 Å². The van der Waals surface area contributed by atoms with Crippen molar-refractivity contribution in [1.82, 2.24) is 5.32 Å². The van der Waals surface area contributed by atoms with E-state index in [0.717, 1.165) is 24.9 Å². The van der Waals surface area contributed by atoms with Gasteiger partial charge in [-0.05, 0) is 37.5 Å². The fourth-order valence-electron chi connectivity index (χ4n) is 1.41. The molecule has 1 N–H and O–H groups in total. The Bertz CT molecular complexity index is 309. The summed E-state index contributed by atoms with van der Waals surface area (Å²) < 4.78 is 12.9. The first-order valence-corrected chi connectivity index (χ1v) is 5.31. The van der Waals surface area contributed by atoms with Crippen LogP contribution in [0.5, 0.6) is 0 Å². The lowest BCUT2D eigenvalue weighted by Gasteiger charge is -2.12. The van der Waals surface area contributed by atoms with Crippen LogP contribution < -0.4 is 5.32 Å². The first kappa shape index (κ1) is 11.9. The summed E-state index contributed by atoms with van der Waals surface area (Å²) >= 11 is 0. The van der Waals surface area contributed by atoms with Crippen molar-refractivity contribution in [2.75, 3.05) is 0 Å². The molecule has 1 atom stereocenters. The third-order valence-electron chi connectivity index (χ3n) is 2.35. The largest absolute Gasteiger partial charge is 0.310 e. The van der Waals surface area contributed by atoms with E-state index in [0.29, 0.717) is 6.04 Å². The van der Waals surface area contributed by atoms with Crippen LogP contribution in [0.25, 0.3) is 0 Å². The van der Waals surface area contributed by atoms with Crippen LogP contribution in [-0.2, 0) is 6.54 Å². The van der Waals surface area contributed by atoms with Gasteiger partial charge in [0.15, 0.2) is 0 Å². The fraction of sp³-hybridized carbons (Fsp3) is 0.385. The van der Waals surface area contributed by atoms with Gasteiger partial charge < -0.3 is 5.32 Å². The Hall–Kier alpha value is -1.15. The average molecular weight is 207 g/mol. The predicted octanol–water partition coefficient (Wildman–Crippen LogP) is 3.27. The zero-order valence-corrected chi connectivity index (χ0v) is 9.17. The molecule has 0 aliphatic heterocycles. The van der Waals surface area contributed by atoms with E-state index >= 15 is 0 Å². The van der Waals surface area contributed by atoms with Gasteiger partial charge in [0.25, 0.3) is 0 Å². The van der Waals surface area contributed by atoms with Gasteiger partial charge in [0.2, 0.25) is 0 Å². The van der Waals surface area contributed by atoms with E-state index in [-0.39, 0.29) is 5.82 Å². The smallest absolute Gasteiger partial charge is 0.123 e. The Morgan fingerprint density at radius 2 is 2.33 bits per heavy atom. The summed E-state index contributed by atoms with van der Waals surface area (Å²) in [6.07, 6.45) is 4.00. The lowest BCUT2D eigenvalue weighted by Crippen LogP contribution is -2.25. The molecule has 82 valence electrons. The SMILES string of the molecule is C=CCC[C@H](C)NCc1cccc(F)c1. The molecule has 0 aliphatic rings. The normalized spacial score (nSPS) is 12.4. The van der Waals surface area contributed by atoms with Gasteiger partial charge >= 0.3 is 0 Å². The highest BCUT2D eigenvalue weighted by Crippen LogP contribution is 2.04. The van der Waals surface area contributed by atoms with Gasteiger partial charge in [0, 0.05) is 12.6 Å². The maximum absolute atomic E-state index is 12.9. The van der Waals surface area contributed by atoms with Crippen molar-refractivity contribution in [1.29, 1.82) is 0 Å². The molecule has 1 aromatic rings. The molecule has 1 aromatic carbocycles. The molecule has 0 amide bonds. The Morgan fingerprint density at radius 3 is 3.00 bits per heavy atom. The van der Waals surface area contributed by atoms with Crippen molar-refractivity contribution in [2.45, 2.75) is 32.4 Å². The second-order valence-electron chi connectivity index (χ2n) is 3.78. The Morgan fingerprint density at radius 1 is 1.53 bits per heavy atom. The minimum absolute atomic E-state index is 0.173.